The summed E-state index contributed by atoms with van der Waals surface area (Å²) in [7, 11) is 0. The van der Waals surface area contributed by atoms with Gasteiger partial charge >= 0.3 is 6.18 Å². The highest BCUT2D eigenvalue weighted by Gasteiger charge is 2.28. The van der Waals surface area contributed by atoms with Gasteiger partial charge in [0.2, 0.25) is 0 Å². The van der Waals surface area contributed by atoms with Gasteiger partial charge in [-0.3, -0.25) is 0 Å². The summed E-state index contributed by atoms with van der Waals surface area (Å²) in [6.45, 7) is -0.696. The van der Waals surface area contributed by atoms with E-state index in [0.29, 0.717) is 6.54 Å². The van der Waals surface area contributed by atoms with Crippen LogP contribution < -0.4 is 10.5 Å². The van der Waals surface area contributed by atoms with E-state index < -0.39 is 12.8 Å². The normalized spacial score (nSPS) is 12.0. The lowest BCUT2D eigenvalue weighted by atomic mass is 10.2. The summed E-state index contributed by atoms with van der Waals surface area (Å²) >= 11 is 0. The molecule has 0 radical (unpaired) electrons. The van der Waals surface area contributed by atoms with Crippen LogP contribution in [0.5, 0.6) is 5.75 Å². The zero-order valence-corrected chi connectivity index (χ0v) is 9.20. The second-order valence-corrected chi connectivity index (χ2v) is 3.45. The van der Waals surface area contributed by atoms with Crippen LogP contribution in [0.15, 0.2) is 30.3 Å². The quantitative estimate of drug-likeness (QED) is 0.865. The molecule has 1 aromatic rings. The standard InChI is InChI=1S/C12H14F3NO/c13-12(14,15)9-17-11-6-4-10(5-7-11)3-1-2-8-16/h1,3-7H,2,8-9,16H2. The van der Waals surface area contributed by atoms with E-state index in [1.54, 1.807) is 12.1 Å². The van der Waals surface area contributed by atoms with Crippen LogP contribution in [0.1, 0.15) is 12.0 Å². The van der Waals surface area contributed by atoms with Crippen molar-refractivity contribution in [3.05, 3.63) is 35.9 Å². The monoisotopic (exact) mass is 245 g/mol. The average Bonchev–Trinajstić information content (AvgIpc) is 2.27. The van der Waals surface area contributed by atoms with Crippen molar-refractivity contribution >= 4 is 6.08 Å². The molecule has 17 heavy (non-hydrogen) atoms. The van der Waals surface area contributed by atoms with E-state index in [4.69, 9.17) is 5.73 Å². The summed E-state index contributed by atoms with van der Waals surface area (Å²) in [6.07, 6.45) is 0.234. The first-order valence-electron chi connectivity index (χ1n) is 5.17. The molecule has 0 aliphatic heterocycles. The highest BCUT2D eigenvalue weighted by molar-refractivity contribution is 5.50. The molecule has 94 valence electrons. The Morgan fingerprint density at radius 3 is 2.35 bits per heavy atom. The molecule has 0 heterocycles. The second-order valence-electron chi connectivity index (χ2n) is 3.45. The molecule has 0 spiro atoms. The van der Waals surface area contributed by atoms with E-state index in [1.807, 2.05) is 12.2 Å². The van der Waals surface area contributed by atoms with Gasteiger partial charge in [0.05, 0.1) is 0 Å². The van der Waals surface area contributed by atoms with E-state index in [2.05, 4.69) is 4.74 Å². The molecule has 0 aliphatic carbocycles. The Bertz CT molecular complexity index is 357. The summed E-state index contributed by atoms with van der Waals surface area (Å²) in [5.41, 5.74) is 6.22. The smallest absolute Gasteiger partial charge is 0.422 e. The molecule has 1 aromatic carbocycles. The number of rotatable bonds is 5. The number of benzene rings is 1. The van der Waals surface area contributed by atoms with Gasteiger partial charge in [0.1, 0.15) is 5.75 Å². The highest BCUT2D eigenvalue weighted by Crippen LogP contribution is 2.19. The zero-order valence-electron chi connectivity index (χ0n) is 9.20. The van der Waals surface area contributed by atoms with Crippen molar-refractivity contribution in [1.29, 1.82) is 0 Å². The SMILES string of the molecule is NCCC=Cc1ccc(OCC(F)(F)F)cc1. The largest absolute Gasteiger partial charge is 0.484 e. The van der Waals surface area contributed by atoms with E-state index in [-0.39, 0.29) is 5.75 Å². The Hall–Kier alpha value is -1.49. The maximum absolute atomic E-state index is 11.9. The minimum Gasteiger partial charge on any atom is -0.484 e. The molecule has 0 bridgehead atoms. The van der Waals surface area contributed by atoms with Crippen molar-refractivity contribution in [2.24, 2.45) is 5.73 Å². The lowest BCUT2D eigenvalue weighted by Crippen LogP contribution is -2.19. The molecule has 2 N–H and O–H groups in total. The van der Waals surface area contributed by atoms with Crippen molar-refractivity contribution in [2.45, 2.75) is 12.6 Å². The van der Waals surface area contributed by atoms with Crippen molar-refractivity contribution in [3.8, 4) is 5.75 Å². The fourth-order valence-corrected chi connectivity index (χ4v) is 1.16. The maximum Gasteiger partial charge on any atom is 0.422 e. The lowest BCUT2D eigenvalue weighted by Gasteiger charge is -2.08. The number of halogens is 3. The maximum atomic E-state index is 11.9. The van der Waals surface area contributed by atoms with Crippen LogP contribution in [-0.2, 0) is 0 Å². The summed E-state index contributed by atoms with van der Waals surface area (Å²) in [5, 5.41) is 0. The molecule has 1 rings (SSSR count). The number of hydrogen-bond donors (Lipinski definition) is 1. The van der Waals surface area contributed by atoms with Crippen LogP contribution >= 0.6 is 0 Å². The van der Waals surface area contributed by atoms with Gasteiger partial charge in [0.15, 0.2) is 6.61 Å². The molecule has 0 saturated carbocycles. The van der Waals surface area contributed by atoms with Gasteiger partial charge in [-0.25, -0.2) is 0 Å². The van der Waals surface area contributed by atoms with Crippen LogP contribution in [0.3, 0.4) is 0 Å². The first-order chi connectivity index (χ1) is 8.01. The molecule has 0 saturated heterocycles. The highest BCUT2D eigenvalue weighted by atomic mass is 19.4. The van der Waals surface area contributed by atoms with Crippen LogP contribution in [0.25, 0.3) is 6.08 Å². The van der Waals surface area contributed by atoms with Crippen molar-refractivity contribution < 1.29 is 17.9 Å². The predicted octanol–water partition coefficient (Wildman–Crippen LogP) is 2.99. The Labute approximate surface area is 97.9 Å². The van der Waals surface area contributed by atoms with E-state index in [0.717, 1.165) is 12.0 Å². The predicted molar refractivity (Wildman–Crippen MR) is 60.7 cm³/mol. The fraction of sp³-hybridized carbons (Fsp3) is 0.333. The molecule has 5 heteroatoms. The van der Waals surface area contributed by atoms with Gasteiger partial charge in [-0.1, -0.05) is 24.3 Å². The summed E-state index contributed by atoms with van der Waals surface area (Å²) < 4.78 is 40.2. The number of alkyl halides is 3. The Morgan fingerprint density at radius 1 is 1.18 bits per heavy atom. The third kappa shape index (κ3) is 5.97. The van der Waals surface area contributed by atoms with E-state index in [1.165, 1.54) is 12.1 Å². The molecule has 0 unspecified atom stereocenters. The Kier molecular flexibility index (Phi) is 5.03. The van der Waals surface area contributed by atoms with Crippen molar-refractivity contribution in [1.82, 2.24) is 0 Å². The Morgan fingerprint density at radius 2 is 1.82 bits per heavy atom. The van der Waals surface area contributed by atoms with Crippen LogP contribution in [0.4, 0.5) is 13.2 Å². The van der Waals surface area contributed by atoms with Gasteiger partial charge < -0.3 is 10.5 Å². The molecule has 2 nitrogen and oxygen atoms in total. The zero-order chi connectivity index (χ0) is 12.7. The van der Waals surface area contributed by atoms with Crippen molar-refractivity contribution in [3.63, 3.8) is 0 Å². The molecular weight excluding hydrogens is 231 g/mol. The van der Waals surface area contributed by atoms with Crippen LogP contribution in [0, 0.1) is 0 Å². The average molecular weight is 245 g/mol. The fourth-order valence-electron chi connectivity index (χ4n) is 1.16. The van der Waals surface area contributed by atoms with Crippen LogP contribution in [-0.4, -0.2) is 19.3 Å². The molecule has 0 fully saturated rings. The lowest BCUT2D eigenvalue weighted by molar-refractivity contribution is -0.153. The molecule has 0 atom stereocenters. The van der Waals surface area contributed by atoms with E-state index in [9.17, 15) is 13.2 Å². The summed E-state index contributed by atoms with van der Waals surface area (Å²) in [6, 6.07) is 6.40. The van der Waals surface area contributed by atoms with Gasteiger partial charge in [0.25, 0.3) is 0 Å². The molecule has 0 amide bonds. The molecule has 0 aliphatic rings. The first kappa shape index (κ1) is 13.6. The number of ether oxygens (including phenoxy) is 1. The van der Waals surface area contributed by atoms with Gasteiger partial charge in [-0.15, -0.1) is 0 Å². The molecule has 0 aromatic heterocycles. The minimum atomic E-state index is -4.31. The molecular formula is C12H14F3NO. The second kappa shape index (κ2) is 6.30. The van der Waals surface area contributed by atoms with Gasteiger partial charge in [-0.05, 0) is 30.7 Å². The summed E-state index contributed by atoms with van der Waals surface area (Å²) in [5.74, 6) is 0.207. The van der Waals surface area contributed by atoms with E-state index >= 15 is 0 Å². The minimum absolute atomic E-state index is 0.207. The topological polar surface area (TPSA) is 35.2 Å². The number of nitrogens with two attached hydrogens (primary N) is 1. The third-order valence-electron chi connectivity index (χ3n) is 1.93. The number of hydrogen-bond acceptors (Lipinski definition) is 2. The Balaban J connectivity index is 2.50. The van der Waals surface area contributed by atoms with Gasteiger partial charge in [-0.2, -0.15) is 13.2 Å². The van der Waals surface area contributed by atoms with Crippen molar-refractivity contribution in [2.75, 3.05) is 13.2 Å². The van der Waals surface area contributed by atoms with Crippen LogP contribution in [0.2, 0.25) is 0 Å². The van der Waals surface area contributed by atoms with Gasteiger partial charge in [0, 0.05) is 0 Å². The first-order valence-corrected chi connectivity index (χ1v) is 5.17. The summed E-state index contributed by atoms with van der Waals surface area (Å²) in [4.78, 5) is 0. The third-order valence-corrected chi connectivity index (χ3v) is 1.93.